The van der Waals surface area contributed by atoms with Crippen LogP contribution in [0.2, 0.25) is 0 Å². The zero-order chi connectivity index (χ0) is 16.2. The maximum Gasteiger partial charge on any atom is 0.274 e. The first-order chi connectivity index (χ1) is 10.4. The van der Waals surface area contributed by atoms with Gasteiger partial charge in [-0.05, 0) is 43.0 Å². The lowest BCUT2D eigenvalue weighted by Gasteiger charge is -2.32. The van der Waals surface area contributed by atoms with Crippen LogP contribution < -0.4 is 14.6 Å². The number of rotatable bonds is 6. The number of nitrogens with zero attached hydrogens (tertiary/aromatic N) is 1. The summed E-state index contributed by atoms with van der Waals surface area (Å²) in [4.78, 5) is 2.19. The molecule has 0 aromatic heterocycles. The van der Waals surface area contributed by atoms with E-state index in [0.717, 1.165) is 31.5 Å². The van der Waals surface area contributed by atoms with Crippen molar-refractivity contribution in [2.75, 3.05) is 26.7 Å². The number of methoxy groups -OCH3 is 1. The third-order valence-corrected chi connectivity index (χ3v) is 4.37. The summed E-state index contributed by atoms with van der Waals surface area (Å²) in [6, 6.07) is 4.94. The Balaban J connectivity index is 1.91. The molecule has 22 heavy (non-hydrogen) atoms. The highest BCUT2D eigenvalue weighted by molar-refractivity contribution is 7.87. The summed E-state index contributed by atoms with van der Waals surface area (Å²) in [5, 5.41) is 4.95. The molecular formula is C14H22FN3O3S. The number of ether oxygens (including phenoxy) is 1. The predicted molar refractivity (Wildman–Crippen MR) is 82.1 cm³/mol. The fourth-order valence-corrected chi connectivity index (χ4v) is 3.23. The van der Waals surface area contributed by atoms with Crippen LogP contribution in [0.1, 0.15) is 18.4 Å². The van der Waals surface area contributed by atoms with Gasteiger partial charge in [0, 0.05) is 19.6 Å². The number of halogens is 1. The highest BCUT2D eigenvalue weighted by atomic mass is 32.2. The zero-order valence-corrected chi connectivity index (χ0v) is 13.4. The first-order valence-corrected chi connectivity index (χ1v) is 8.74. The monoisotopic (exact) mass is 331 g/mol. The fourth-order valence-electron chi connectivity index (χ4n) is 2.76. The van der Waals surface area contributed by atoms with Gasteiger partial charge in [-0.3, -0.25) is 4.90 Å². The largest absolute Gasteiger partial charge is 0.494 e. The van der Waals surface area contributed by atoms with Crippen molar-refractivity contribution < 1.29 is 17.5 Å². The fraction of sp³-hybridized carbons (Fsp3) is 0.571. The Hall–Kier alpha value is -1.22. The van der Waals surface area contributed by atoms with E-state index in [1.54, 1.807) is 6.07 Å². The van der Waals surface area contributed by atoms with Gasteiger partial charge < -0.3 is 4.74 Å². The highest BCUT2D eigenvalue weighted by Gasteiger charge is 2.21. The lowest BCUT2D eigenvalue weighted by atomic mass is 9.98. The van der Waals surface area contributed by atoms with Gasteiger partial charge in [0.05, 0.1) is 7.11 Å². The SMILES string of the molecule is COc1ccc(CN2CCCC(CNS(N)(=O)=O)C2)cc1F. The molecule has 1 unspecified atom stereocenters. The van der Waals surface area contributed by atoms with Crippen LogP contribution in [-0.4, -0.2) is 40.1 Å². The minimum atomic E-state index is -3.65. The predicted octanol–water partition coefficient (Wildman–Crippen LogP) is 0.839. The van der Waals surface area contributed by atoms with Gasteiger partial charge in [-0.2, -0.15) is 8.42 Å². The van der Waals surface area contributed by atoms with Crippen LogP contribution in [-0.2, 0) is 16.8 Å². The third-order valence-electron chi connectivity index (χ3n) is 3.80. The van der Waals surface area contributed by atoms with Crippen molar-refractivity contribution in [3.63, 3.8) is 0 Å². The quantitative estimate of drug-likeness (QED) is 0.809. The average Bonchev–Trinajstić information content (AvgIpc) is 2.45. The molecule has 1 aromatic rings. The topological polar surface area (TPSA) is 84.7 Å². The molecule has 0 spiro atoms. The van der Waals surface area contributed by atoms with Crippen molar-refractivity contribution in [2.45, 2.75) is 19.4 Å². The molecule has 0 bridgehead atoms. The van der Waals surface area contributed by atoms with Crippen molar-refractivity contribution in [1.29, 1.82) is 0 Å². The van der Waals surface area contributed by atoms with Crippen molar-refractivity contribution in [3.8, 4) is 5.75 Å². The lowest BCUT2D eigenvalue weighted by molar-refractivity contribution is 0.168. The molecule has 1 aliphatic heterocycles. The van der Waals surface area contributed by atoms with E-state index in [-0.39, 0.29) is 17.5 Å². The van der Waals surface area contributed by atoms with E-state index in [4.69, 9.17) is 9.88 Å². The van der Waals surface area contributed by atoms with Crippen LogP contribution >= 0.6 is 0 Å². The van der Waals surface area contributed by atoms with Crippen molar-refractivity contribution >= 4 is 10.2 Å². The van der Waals surface area contributed by atoms with Gasteiger partial charge in [-0.15, -0.1) is 0 Å². The summed E-state index contributed by atoms with van der Waals surface area (Å²) in [5.74, 6) is 0.0808. The van der Waals surface area contributed by atoms with Crippen LogP contribution in [0.25, 0.3) is 0 Å². The Kier molecular flexibility index (Phi) is 5.74. The lowest BCUT2D eigenvalue weighted by Crippen LogP contribution is -2.42. The van der Waals surface area contributed by atoms with Crippen molar-refractivity contribution in [2.24, 2.45) is 11.1 Å². The number of nitrogens with one attached hydrogen (secondary N) is 1. The summed E-state index contributed by atoms with van der Waals surface area (Å²) in [7, 11) is -2.21. The minimum absolute atomic E-state index is 0.218. The summed E-state index contributed by atoms with van der Waals surface area (Å²) >= 11 is 0. The van der Waals surface area contributed by atoms with Gasteiger partial charge >= 0.3 is 0 Å². The van der Waals surface area contributed by atoms with Gasteiger partial charge in [-0.1, -0.05) is 6.07 Å². The van der Waals surface area contributed by atoms with E-state index < -0.39 is 10.2 Å². The molecule has 6 nitrogen and oxygen atoms in total. The Bertz CT molecular complexity index is 609. The second-order valence-corrected chi connectivity index (χ2v) is 6.98. The molecular weight excluding hydrogens is 309 g/mol. The first kappa shape index (κ1) is 17.1. The molecule has 0 saturated carbocycles. The molecule has 1 saturated heterocycles. The second-order valence-electron chi connectivity index (χ2n) is 5.61. The third kappa shape index (κ3) is 5.20. The summed E-state index contributed by atoms with van der Waals surface area (Å²) in [6.07, 6.45) is 1.94. The van der Waals surface area contributed by atoms with Crippen LogP contribution in [0.4, 0.5) is 4.39 Å². The number of nitrogens with two attached hydrogens (primary N) is 1. The van der Waals surface area contributed by atoms with Crippen LogP contribution in [0.15, 0.2) is 18.2 Å². The summed E-state index contributed by atoms with van der Waals surface area (Å²) in [6.45, 7) is 2.65. The first-order valence-electron chi connectivity index (χ1n) is 7.19. The van der Waals surface area contributed by atoms with Gasteiger partial charge in [0.25, 0.3) is 10.2 Å². The molecule has 0 aliphatic carbocycles. The van der Waals surface area contributed by atoms with Crippen molar-refractivity contribution in [3.05, 3.63) is 29.6 Å². The highest BCUT2D eigenvalue weighted by Crippen LogP contribution is 2.21. The Labute approximate surface area is 130 Å². The number of benzene rings is 1. The van der Waals surface area contributed by atoms with Gasteiger partial charge in [0.15, 0.2) is 11.6 Å². The molecule has 124 valence electrons. The van der Waals surface area contributed by atoms with E-state index in [1.165, 1.54) is 13.2 Å². The number of likely N-dealkylation sites (tertiary alicyclic amines) is 1. The molecule has 1 aromatic carbocycles. The Morgan fingerprint density at radius 1 is 1.50 bits per heavy atom. The average molecular weight is 331 g/mol. The molecule has 1 fully saturated rings. The van der Waals surface area contributed by atoms with E-state index >= 15 is 0 Å². The molecule has 2 rings (SSSR count). The maximum atomic E-state index is 13.7. The van der Waals surface area contributed by atoms with E-state index in [1.807, 2.05) is 6.07 Å². The molecule has 1 aliphatic rings. The normalized spacial score (nSPS) is 20.0. The summed E-state index contributed by atoms with van der Waals surface area (Å²) in [5.41, 5.74) is 0.873. The van der Waals surface area contributed by atoms with Crippen molar-refractivity contribution in [1.82, 2.24) is 9.62 Å². The Morgan fingerprint density at radius 3 is 2.91 bits per heavy atom. The smallest absolute Gasteiger partial charge is 0.274 e. The second kappa shape index (κ2) is 7.36. The number of piperidine rings is 1. The number of hydrogen-bond donors (Lipinski definition) is 2. The minimum Gasteiger partial charge on any atom is -0.494 e. The molecule has 0 amide bonds. The number of hydrogen-bond acceptors (Lipinski definition) is 4. The molecule has 1 heterocycles. The van der Waals surface area contributed by atoms with Crippen LogP contribution in [0.5, 0.6) is 5.75 Å². The molecule has 8 heteroatoms. The van der Waals surface area contributed by atoms with E-state index in [2.05, 4.69) is 9.62 Å². The Morgan fingerprint density at radius 2 is 2.27 bits per heavy atom. The van der Waals surface area contributed by atoms with Gasteiger partial charge in [0.1, 0.15) is 0 Å². The van der Waals surface area contributed by atoms with Gasteiger partial charge in [0.2, 0.25) is 0 Å². The standard InChI is InChI=1S/C14H22FN3O3S/c1-21-14-5-4-11(7-13(14)15)9-18-6-2-3-12(10-18)8-17-22(16,19)20/h4-5,7,12,17H,2-3,6,8-10H2,1H3,(H2,16,19,20). The molecule has 0 radical (unpaired) electrons. The van der Waals surface area contributed by atoms with Gasteiger partial charge in [-0.25, -0.2) is 14.3 Å². The molecule has 3 N–H and O–H groups in total. The molecule has 1 atom stereocenters. The van der Waals surface area contributed by atoms with E-state index in [0.29, 0.717) is 13.1 Å². The van der Waals surface area contributed by atoms with Crippen LogP contribution in [0, 0.1) is 11.7 Å². The van der Waals surface area contributed by atoms with E-state index in [9.17, 15) is 12.8 Å². The summed E-state index contributed by atoms with van der Waals surface area (Å²) < 4.78 is 42.8. The zero-order valence-electron chi connectivity index (χ0n) is 12.6. The van der Waals surface area contributed by atoms with Crippen LogP contribution in [0.3, 0.4) is 0 Å². The maximum absolute atomic E-state index is 13.7.